The van der Waals surface area contributed by atoms with Gasteiger partial charge in [-0.05, 0) is 24.3 Å². The van der Waals surface area contributed by atoms with Gasteiger partial charge in [0, 0.05) is 17.2 Å². The van der Waals surface area contributed by atoms with E-state index in [0.717, 1.165) is 5.56 Å². The third-order valence-electron chi connectivity index (χ3n) is 3.19. The highest BCUT2D eigenvalue weighted by Crippen LogP contribution is 2.40. The standard InChI is InChI=1S/C16H16BrFO3/c1-19-10-5-7-15(21-3)13(8-10)16(17)12-6-4-11(20-2)9-14(12)18/h4-9,16H,1-3H3. The van der Waals surface area contributed by atoms with E-state index in [1.54, 1.807) is 38.5 Å². The number of alkyl halides is 1. The highest BCUT2D eigenvalue weighted by Gasteiger charge is 2.20. The van der Waals surface area contributed by atoms with Gasteiger partial charge in [0.2, 0.25) is 0 Å². The number of hydrogen-bond acceptors (Lipinski definition) is 3. The van der Waals surface area contributed by atoms with Gasteiger partial charge in [-0.2, -0.15) is 0 Å². The quantitative estimate of drug-likeness (QED) is 0.747. The van der Waals surface area contributed by atoms with Gasteiger partial charge >= 0.3 is 0 Å². The molecule has 0 radical (unpaired) electrons. The van der Waals surface area contributed by atoms with Crippen molar-refractivity contribution in [2.24, 2.45) is 0 Å². The summed E-state index contributed by atoms with van der Waals surface area (Å²) in [4.78, 5) is -0.353. The SMILES string of the molecule is COc1ccc(C(Br)c2cc(OC)ccc2OC)c(F)c1. The molecule has 112 valence electrons. The maximum absolute atomic E-state index is 14.2. The van der Waals surface area contributed by atoms with Crippen molar-refractivity contribution in [2.45, 2.75) is 4.83 Å². The van der Waals surface area contributed by atoms with Crippen molar-refractivity contribution >= 4 is 15.9 Å². The lowest BCUT2D eigenvalue weighted by Gasteiger charge is -2.17. The van der Waals surface area contributed by atoms with Gasteiger partial charge in [-0.1, -0.05) is 22.0 Å². The average Bonchev–Trinajstić information content (AvgIpc) is 2.53. The second kappa shape index (κ2) is 6.80. The molecular formula is C16H16BrFO3. The molecule has 0 aliphatic heterocycles. The Labute approximate surface area is 131 Å². The molecule has 0 saturated carbocycles. The highest BCUT2D eigenvalue weighted by atomic mass is 79.9. The van der Waals surface area contributed by atoms with E-state index in [9.17, 15) is 4.39 Å². The molecule has 1 atom stereocenters. The molecule has 2 aromatic carbocycles. The Morgan fingerprint density at radius 2 is 1.48 bits per heavy atom. The monoisotopic (exact) mass is 354 g/mol. The molecule has 0 aliphatic carbocycles. The maximum Gasteiger partial charge on any atom is 0.131 e. The van der Waals surface area contributed by atoms with Gasteiger partial charge in [-0.15, -0.1) is 0 Å². The molecule has 0 aromatic heterocycles. The zero-order valence-electron chi connectivity index (χ0n) is 12.0. The Morgan fingerprint density at radius 1 is 0.857 bits per heavy atom. The summed E-state index contributed by atoms with van der Waals surface area (Å²) in [6.07, 6.45) is 0. The molecule has 21 heavy (non-hydrogen) atoms. The van der Waals surface area contributed by atoms with Gasteiger partial charge in [-0.25, -0.2) is 4.39 Å². The van der Waals surface area contributed by atoms with Crippen molar-refractivity contribution in [1.29, 1.82) is 0 Å². The van der Waals surface area contributed by atoms with Gasteiger partial charge in [0.05, 0.1) is 26.2 Å². The van der Waals surface area contributed by atoms with Crippen LogP contribution >= 0.6 is 15.9 Å². The van der Waals surface area contributed by atoms with E-state index >= 15 is 0 Å². The Hall–Kier alpha value is -1.75. The van der Waals surface area contributed by atoms with Crippen molar-refractivity contribution in [3.05, 3.63) is 53.3 Å². The van der Waals surface area contributed by atoms with Crippen molar-refractivity contribution in [3.8, 4) is 17.2 Å². The summed E-state index contributed by atoms with van der Waals surface area (Å²) in [5, 5.41) is 0. The van der Waals surface area contributed by atoms with Crippen LogP contribution < -0.4 is 14.2 Å². The van der Waals surface area contributed by atoms with E-state index in [1.807, 2.05) is 6.07 Å². The van der Waals surface area contributed by atoms with Crippen molar-refractivity contribution < 1.29 is 18.6 Å². The maximum atomic E-state index is 14.2. The molecular weight excluding hydrogens is 339 g/mol. The Morgan fingerprint density at radius 3 is 2.05 bits per heavy atom. The summed E-state index contributed by atoms with van der Waals surface area (Å²) >= 11 is 3.53. The summed E-state index contributed by atoms with van der Waals surface area (Å²) < 4.78 is 29.8. The normalized spacial score (nSPS) is 11.9. The molecule has 0 bridgehead atoms. The summed E-state index contributed by atoms with van der Waals surface area (Å²) in [7, 11) is 4.67. The van der Waals surface area contributed by atoms with Crippen molar-refractivity contribution in [1.82, 2.24) is 0 Å². The van der Waals surface area contributed by atoms with Crippen molar-refractivity contribution in [3.63, 3.8) is 0 Å². The topological polar surface area (TPSA) is 27.7 Å². The Kier molecular flexibility index (Phi) is 5.07. The van der Waals surface area contributed by atoms with Crippen LogP contribution in [0.25, 0.3) is 0 Å². The molecule has 0 amide bonds. The van der Waals surface area contributed by atoms with Gasteiger partial charge < -0.3 is 14.2 Å². The second-order valence-electron chi connectivity index (χ2n) is 4.36. The molecule has 0 saturated heterocycles. The molecule has 3 nitrogen and oxygen atoms in total. The minimum absolute atomic E-state index is 0.346. The number of rotatable bonds is 5. The van der Waals surface area contributed by atoms with Gasteiger partial charge in [0.25, 0.3) is 0 Å². The summed E-state index contributed by atoms with van der Waals surface area (Å²) in [6, 6.07) is 10.2. The van der Waals surface area contributed by atoms with E-state index in [2.05, 4.69) is 15.9 Å². The number of benzene rings is 2. The van der Waals surface area contributed by atoms with Crippen LogP contribution in [0.5, 0.6) is 17.2 Å². The molecule has 0 N–H and O–H groups in total. The largest absolute Gasteiger partial charge is 0.497 e. The minimum atomic E-state index is -0.353. The third kappa shape index (κ3) is 3.29. The minimum Gasteiger partial charge on any atom is -0.497 e. The van der Waals surface area contributed by atoms with Gasteiger partial charge in [0.15, 0.2) is 0 Å². The Balaban J connectivity index is 2.45. The molecule has 0 spiro atoms. The zero-order chi connectivity index (χ0) is 15.4. The van der Waals surface area contributed by atoms with Crippen molar-refractivity contribution in [2.75, 3.05) is 21.3 Å². The lowest BCUT2D eigenvalue weighted by molar-refractivity contribution is 0.399. The summed E-state index contributed by atoms with van der Waals surface area (Å²) in [5.41, 5.74) is 1.29. The lowest BCUT2D eigenvalue weighted by atomic mass is 10.0. The van der Waals surface area contributed by atoms with Crippen LogP contribution in [-0.4, -0.2) is 21.3 Å². The first-order valence-corrected chi connectivity index (χ1v) is 7.21. The van der Waals surface area contributed by atoms with Crippen LogP contribution in [0.2, 0.25) is 0 Å². The third-order valence-corrected chi connectivity index (χ3v) is 4.18. The van der Waals surface area contributed by atoms with E-state index in [1.165, 1.54) is 13.2 Å². The number of methoxy groups -OCH3 is 3. The fourth-order valence-corrected chi connectivity index (χ4v) is 2.77. The predicted octanol–water partition coefficient (Wildman–Crippen LogP) is 4.34. The van der Waals surface area contributed by atoms with E-state index in [0.29, 0.717) is 22.8 Å². The first kappa shape index (κ1) is 15.6. The molecule has 2 rings (SSSR count). The summed E-state index contributed by atoms with van der Waals surface area (Å²) in [5.74, 6) is 1.48. The molecule has 0 aliphatic rings. The second-order valence-corrected chi connectivity index (χ2v) is 5.27. The zero-order valence-corrected chi connectivity index (χ0v) is 13.6. The number of ether oxygens (including phenoxy) is 3. The highest BCUT2D eigenvalue weighted by molar-refractivity contribution is 9.09. The molecule has 5 heteroatoms. The van der Waals surface area contributed by atoms with Crippen LogP contribution in [0, 0.1) is 5.82 Å². The van der Waals surface area contributed by atoms with Gasteiger partial charge in [-0.3, -0.25) is 0 Å². The fraction of sp³-hybridized carbons (Fsp3) is 0.250. The fourth-order valence-electron chi connectivity index (χ4n) is 2.05. The number of halogens is 2. The average molecular weight is 355 g/mol. The van der Waals surface area contributed by atoms with Crippen LogP contribution in [0.4, 0.5) is 4.39 Å². The van der Waals surface area contributed by atoms with Crippen LogP contribution in [-0.2, 0) is 0 Å². The predicted molar refractivity (Wildman–Crippen MR) is 83.3 cm³/mol. The molecule has 0 fully saturated rings. The first-order chi connectivity index (χ1) is 10.1. The summed E-state index contributed by atoms with van der Waals surface area (Å²) in [6.45, 7) is 0. The van der Waals surface area contributed by atoms with Gasteiger partial charge in [0.1, 0.15) is 23.1 Å². The smallest absolute Gasteiger partial charge is 0.131 e. The first-order valence-electron chi connectivity index (χ1n) is 6.30. The van der Waals surface area contributed by atoms with Crippen LogP contribution in [0.3, 0.4) is 0 Å². The molecule has 1 unspecified atom stereocenters. The van der Waals surface area contributed by atoms with E-state index < -0.39 is 0 Å². The van der Waals surface area contributed by atoms with Crippen LogP contribution in [0.1, 0.15) is 16.0 Å². The van der Waals surface area contributed by atoms with E-state index in [-0.39, 0.29) is 10.6 Å². The number of hydrogen-bond donors (Lipinski definition) is 0. The Bertz CT molecular complexity index is 631. The molecule has 0 heterocycles. The van der Waals surface area contributed by atoms with Crippen LogP contribution in [0.15, 0.2) is 36.4 Å². The molecule has 2 aromatic rings. The van der Waals surface area contributed by atoms with E-state index in [4.69, 9.17) is 14.2 Å². The lowest BCUT2D eigenvalue weighted by Crippen LogP contribution is -2.01.